The van der Waals surface area contributed by atoms with Gasteiger partial charge in [0, 0.05) is 37.4 Å². The maximum absolute atomic E-state index is 13.2. The number of nitrogens with zero attached hydrogens (tertiary/aromatic N) is 4. The zero-order chi connectivity index (χ0) is 14.9. The average Bonchev–Trinajstić information content (AvgIpc) is 2.92. The van der Waals surface area contributed by atoms with Crippen LogP contribution >= 0.6 is 0 Å². The fourth-order valence-corrected chi connectivity index (χ4v) is 2.63. The maximum Gasteiger partial charge on any atom is 0.250 e. The first-order chi connectivity index (χ1) is 10.1. The first-order valence-electron chi connectivity index (χ1n) is 6.79. The highest BCUT2D eigenvalue weighted by Gasteiger charge is 2.37. The first-order valence-corrected chi connectivity index (χ1v) is 6.79. The molecule has 0 atom stereocenters. The fourth-order valence-electron chi connectivity index (χ4n) is 2.63. The minimum atomic E-state index is -2.59. The molecule has 0 amide bonds. The van der Waals surface area contributed by atoms with Crippen molar-refractivity contribution in [1.82, 2.24) is 19.7 Å². The van der Waals surface area contributed by atoms with Crippen molar-refractivity contribution in [3.05, 3.63) is 35.9 Å². The van der Waals surface area contributed by atoms with E-state index >= 15 is 0 Å². The molecule has 7 heteroatoms. The lowest BCUT2D eigenvalue weighted by atomic mass is 9.84. The standard InChI is InChI=1S/C14H14F2N4O/c15-14(16)4-2-10(3-5-14)12-11(9-21)8-20(19-12)13-17-6-1-7-18-13/h1,6-10H,2-5H2. The summed E-state index contributed by atoms with van der Waals surface area (Å²) in [5.74, 6) is -2.36. The Hall–Kier alpha value is -2.18. The lowest BCUT2D eigenvalue weighted by Crippen LogP contribution is -2.24. The van der Waals surface area contributed by atoms with Gasteiger partial charge in [-0.05, 0) is 18.9 Å². The lowest BCUT2D eigenvalue weighted by Gasteiger charge is -2.27. The molecule has 0 unspecified atom stereocenters. The fraction of sp³-hybridized carbons (Fsp3) is 0.429. The first kappa shape index (κ1) is 13.8. The Morgan fingerprint density at radius 1 is 1.24 bits per heavy atom. The Kier molecular flexibility index (Phi) is 3.48. The number of carbonyl (C=O) groups is 1. The van der Waals surface area contributed by atoms with E-state index in [1.165, 1.54) is 4.68 Å². The zero-order valence-corrected chi connectivity index (χ0v) is 11.2. The SMILES string of the molecule is O=Cc1cn(-c2ncccn2)nc1C1CCC(F)(F)CC1. The van der Waals surface area contributed by atoms with Crippen LogP contribution in [0.1, 0.15) is 47.7 Å². The largest absolute Gasteiger partial charge is 0.298 e. The molecule has 0 spiro atoms. The van der Waals surface area contributed by atoms with Crippen LogP contribution in [0.5, 0.6) is 0 Å². The van der Waals surface area contributed by atoms with Crippen molar-refractivity contribution in [2.45, 2.75) is 37.5 Å². The van der Waals surface area contributed by atoms with Gasteiger partial charge in [-0.25, -0.2) is 23.4 Å². The van der Waals surface area contributed by atoms with Crippen molar-refractivity contribution in [3.8, 4) is 5.95 Å². The number of aldehydes is 1. The summed E-state index contributed by atoms with van der Waals surface area (Å²) in [6, 6.07) is 1.68. The highest BCUT2D eigenvalue weighted by Crippen LogP contribution is 2.41. The van der Waals surface area contributed by atoms with Gasteiger partial charge in [-0.1, -0.05) is 0 Å². The third-order valence-corrected chi connectivity index (χ3v) is 3.76. The third kappa shape index (κ3) is 2.81. The highest BCUT2D eigenvalue weighted by atomic mass is 19.3. The average molecular weight is 292 g/mol. The second kappa shape index (κ2) is 5.31. The second-order valence-electron chi connectivity index (χ2n) is 5.21. The van der Waals surface area contributed by atoms with Gasteiger partial charge in [0.2, 0.25) is 11.9 Å². The molecule has 2 aromatic rings. The number of carbonyl (C=O) groups excluding carboxylic acids is 1. The minimum Gasteiger partial charge on any atom is -0.298 e. The molecule has 0 radical (unpaired) electrons. The quantitative estimate of drug-likeness (QED) is 0.816. The van der Waals surface area contributed by atoms with E-state index in [4.69, 9.17) is 0 Å². The topological polar surface area (TPSA) is 60.7 Å². The second-order valence-corrected chi connectivity index (χ2v) is 5.21. The molecule has 21 heavy (non-hydrogen) atoms. The Morgan fingerprint density at radius 2 is 1.90 bits per heavy atom. The van der Waals surface area contributed by atoms with Crippen LogP contribution in [0.2, 0.25) is 0 Å². The summed E-state index contributed by atoms with van der Waals surface area (Å²) in [4.78, 5) is 19.3. The number of aromatic nitrogens is 4. The summed E-state index contributed by atoms with van der Waals surface area (Å²) in [5, 5.41) is 4.34. The van der Waals surface area contributed by atoms with E-state index in [9.17, 15) is 13.6 Å². The predicted molar refractivity (Wildman–Crippen MR) is 70.7 cm³/mol. The van der Waals surface area contributed by atoms with Crippen molar-refractivity contribution in [1.29, 1.82) is 0 Å². The number of hydrogen-bond donors (Lipinski definition) is 0. The maximum atomic E-state index is 13.2. The molecule has 5 nitrogen and oxygen atoms in total. The molecule has 0 aromatic carbocycles. The summed E-state index contributed by atoms with van der Waals surface area (Å²) in [5.41, 5.74) is 0.977. The summed E-state index contributed by atoms with van der Waals surface area (Å²) in [7, 11) is 0. The molecule has 0 bridgehead atoms. The van der Waals surface area contributed by atoms with Crippen LogP contribution in [0.3, 0.4) is 0 Å². The molecular weight excluding hydrogens is 278 g/mol. The van der Waals surface area contributed by atoms with E-state index in [2.05, 4.69) is 15.1 Å². The van der Waals surface area contributed by atoms with Crippen LogP contribution in [-0.4, -0.2) is 32.0 Å². The van der Waals surface area contributed by atoms with E-state index < -0.39 is 5.92 Å². The van der Waals surface area contributed by atoms with Crippen molar-refractivity contribution in [3.63, 3.8) is 0 Å². The van der Waals surface area contributed by atoms with Gasteiger partial charge in [0.1, 0.15) is 0 Å². The molecule has 2 heterocycles. The van der Waals surface area contributed by atoms with Gasteiger partial charge < -0.3 is 0 Å². The third-order valence-electron chi connectivity index (χ3n) is 3.76. The smallest absolute Gasteiger partial charge is 0.250 e. The van der Waals surface area contributed by atoms with E-state index in [1.807, 2.05) is 0 Å². The van der Waals surface area contributed by atoms with Crippen molar-refractivity contribution < 1.29 is 13.6 Å². The lowest BCUT2D eigenvalue weighted by molar-refractivity contribution is -0.0385. The molecule has 0 saturated heterocycles. The van der Waals surface area contributed by atoms with Gasteiger partial charge in [-0.3, -0.25) is 4.79 Å². The number of halogens is 2. The minimum absolute atomic E-state index is 0.116. The van der Waals surface area contributed by atoms with Gasteiger partial charge >= 0.3 is 0 Å². The van der Waals surface area contributed by atoms with Crippen LogP contribution in [0.4, 0.5) is 8.78 Å². The van der Waals surface area contributed by atoms with Crippen LogP contribution in [0.25, 0.3) is 5.95 Å². The number of rotatable bonds is 3. The van der Waals surface area contributed by atoms with Crippen LogP contribution in [-0.2, 0) is 0 Å². The van der Waals surface area contributed by atoms with Gasteiger partial charge in [-0.2, -0.15) is 5.10 Å². The normalized spacial score (nSPS) is 18.6. The van der Waals surface area contributed by atoms with Gasteiger partial charge in [-0.15, -0.1) is 0 Å². The molecular formula is C14H14F2N4O. The van der Waals surface area contributed by atoms with Crippen LogP contribution in [0, 0.1) is 0 Å². The zero-order valence-electron chi connectivity index (χ0n) is 11.2. The Labute approximate surface area is 120 Å². The molecule has 3 rings (SSSR count). The number of alkyl halides is 2. The molecule has 0 N–H and O–H groups in total. The predicted octanol–water partition coefficient (Wildman–Crippen LogP) is 2.77. The van der Waals surface area contributed by atoms with Crippen molar-refractivity contribution in [2.24, 2.45) is 0 Å². The monoisotopic (exact) mass is 292 g/mol. The molecule has 1 aliphatic rings. The molecule has 0 aliphatic heterocycles. The van der Waals surface area contributed by atoms with Gasteiger partial charge in [0.25, 0.3) is 0 Å². The summed E-state index contributed by atoms with van der Waals surface area (Å²) >= 11 is 0. The Bertz CT molecular complexity index is 632. The van der Waals surface area contributed by atoms with Crippen molar-refractivity contribution >= 4 is 6.29 Å². The molecule has 1 aliphatic carbocycles. The molecule has 1 fully saturated rings. The molecule has 2 aromatic heterocycles. The van der Waals surface area contributed by atoms with Crippen LogP contribution < -0.4 is 0 Å². The molecule has 110 valence electrons. The Balaban J connectivity index is 1.89. The van der Waals surface area contributed by atoms with E-state index in [-0.39, 0.29) is 18.8 Å². The summed E-state index contributed by atoms with van der Waals surface area (Å²) in [6.07, 6.45) is 5.74. The summed E-state index contributed by atoms with van der Waals surface area (Å²) < 4.78 is 27.9. The number of hydrogen-bond acceptors (Lipinski definition) is 4. The van der Waals surface area contributed by atoms with E-state index in [1.54, 1.807) is 24.7 Å². The van der Waals surface area contributed by atoms with E-state index in [0.29, 0.717) is 36.3 Å². The molecule has 1 saturated carbocycles. The van der Waals surface area contributed by atoms with Gasteiger partial charge in [0.05, 0.1) is 11.3 Å². The summed E-state index contributed by atoms with van der Waals surface area (Å²) in [6.45, 7) is 0. The van der Waals surface area contributed by atoms with Crippen molar-refractivity contribution in [2.75, 3.05) is 0 Å². The van der Waals surface area contributed by atoms with E-state index in [0.717, 1.165) is 0 Å². The highest BCUT2D eigenvalue weighted by molar-refractivity contribution is 5.76. The van der Waals surface area contributed by atoms with Crippen LogP contribution in [0.15, 0.2) is 24.7 Å². The Morgan fingerprint density at radius 3 is 2.52 bits per heavy atom. The van der Waals surface area contributed by atoms with Gasteiger partial charge in [0.15, 0.2) is 6.29 Å².